The van der Waals surface area contributed by atoms with Gasteiger partial charge in [-0.2, -0.15) is 0 Å². The van der Waals surface area contributed by atoms with Gasteiger partial charge in [-0.05, 0) is 12.2 Å². The lowest BCUT2D eigenvalue weighted by molar-refractivity contribution is -0.148. The fraction of sp³-hybridized carbons (Fsp3) is 0.125. The number of carbonyl (C=O) groups excluding carboxylic acids is 3. The molecule has 0 saturated heterocycles. The van der Waals surface area contributed by atoms with Crippen molar-refractivity contribution in [3.8, 4) is 0 Å². The number of alkyl halides is 2. The van der Waals surface area contributed by atoms with E-state index in [1.165, 1.54) is 0 Å². The molecule has 0 aliphatic heterocycles. The summed E-state index contributed by atoms with van der Waals surface area (Å²) in [5.41, 5.74) is 0. The first kappa shape index (κ1) is 12.9. The summed E-state index contributed by atoms with van der Waals surface area (Å²) in [5.74, 6) is -2.82. The molecular formula is C8H7Cl2NO3. The largest absolute Gasteiger partial charge is 0.271 e. The Labute approximate surface area is 90.8 Å². The second-order valence-corrected chi connectivity index (χ2v) is 3.16. The SMILES string of the molecule is C=CC(=O)N(C(=O)C=C)C(=O)C(Cl)Cl. The molecule has 0 unspecified atom stereocenters. The number of amides is 3. The van der Waals surface area contributed by atoms with Gasteiger partial charge in [0.25, 0.3) is 17.7 Å². The smallest absolute Gasteiger partial charge is 0.269 e. The lowest BCUT2D eigenvalue weighted by atomic mass is 10.4. The predicted molar refractivity (Wildman–Crippen MR) is 52.7 cm³/mol. The summed E-state index contributed by atoms with van der Waals surface area (Å²) in [6.07, 6.45) is 1.60. The summed E-state index contributed by atoms with van der Waals surface area (Å²) < 4.78 is 0. The van der Waals surface area contributed by atoms with Crippen LogP contribution in [0.5, 0.6) is 0 Å². The molecule has 14 heavy (non-hydrogen) atoms. The third-order valence-corrected chi connectivity index (χ3v) is 1.57. The summed E-state index contributed by atoms with van der Waals surface area (Å²) in [5, 5.41) is 0. The second-order valence-electron chi connectivity index (χ2n) is 2.06. The van der Waals surface area contributed by atoms with E-state index in [9.17, 15) is 14.4 Å². The molecule has 0 heterocycles. The van der Waals surface area contributed by atoms with Crippen LogP contribution in [0, 0.1) is 0 Å². The van der Waals surface area contributed by atoms with Gasteiger partial charge in [0.1, 0.15) is 0 Å². The van der Waals surface area contributed by atoms with Crippen molar-refractivity contribution in [3.63, 3.8) is 0 Å². The first-order valence-corrected chi connectivity index (χ1v) is 4.28. The van der Waals surface area contributed by atoms with Crippen molar-refractivity contribution in [2.24, 2.45) is 0 Å². The van der Waals surface area contributed by atoms with Gasteiger partial charge in [0, 0.05) is 0 Å². The average Bonchev–Trinajstić information content (AvgIpc) is 2.16. The fourth-order valence-corrected chi connectivity index (χ4v) is 0.801. The minimum absolute atomic E-state index is 0.269. The van der Waals surface area contributed by atoms with E-state index in [4.69, 9.17) is 23.2 Å². The Morgan fingerprint density at radius 3 is 1.64 bits per heavy atom. The van der Waals surface area contributed by atoms with Gasteiger partial charge in [-0.15, -0.1) is 0 Å². The average molecular weight is 236 g/mol. The summed E-state index contributed by atoms with van der Waals surface area (Å²) in [6, 6.07) is 0. The summed E-state index contributed by atoms with van der Waals surface area (Å²) in [4.78, 5) is 32.1. The Morgan fingerprint density at radius 2 is 1.43 bits per heavy atom. The Bertz CT molecular complexity index is 279. The van der Waals surface area contributed by atoms with Crippen LogP contribution < -0.4 is 0 Å². The van der Waals surface area contributed by atoms with Crippen LogP contribution in [0.25, 0.3) is 0 Å². The van der Waals surface area contributed by atoms with Crippen LogP contribution in [0.3, 0.4) is 0 Å². The molecule has 0 radical (unpaired) electrons. The maximum absolute atomic E-state index is 11.2. The molecule has 0 rings (SSSR count). The molecule has 0 N–H and O–H groups in total. The van der Waals surface area contributed by atoms with Crippen molar-refractivity contribution in [3.05, 3.63) is 25.3 Å². The Morgan fingerprint density at radius 1 is 1.07 bits per heavy atom. The molecule has 0 aliphatic rings. The zero-order valence-electron chi connectivity index (χ0n) is 7.07. The monoisotopic (exact) mass is 235 g/mol. The molecule has 76 valence electrons. The maximum Gasteiger partial charge on any atom is 0.269 e. The molecule has 0 bridgehead atoms. The van der Waals surface area contributed by atoms with Gasteiger partial charge in [-0.25, -0.2) is 4.90 Å². The number of halogens is 2. The van der Waals surface area contributed by atoms with Crippen LogP contribution in [0.4, 0.5) is 0 Å². The first-order chi connectivity index (χ1) is 6.45. The van der Waals surface area contributed by atoms with Crippen molar-refractivity contribution in [2.45, 2.75) is 4.84 Å². The highest BCUT2D eigenvalue weighted by atomic mass is 35.5. The highest BCUT2D eigenvalue weighted by Crippen LogP contribution is 2.08. The van der Waals surface area contributed by atoms with Gasteiger partial charge in [0.05, 0.1) is 0 Å². The highest BCUT2D eigenvalue weighted by Gasteiger charge is 2.28. The third kappa shape index (κ3) is 2.97. The summed E-state index contributed by atoms with van der Waals surface area (Å²) >= 11 is 10.5. The molecule has 0 fully saturated rings. The zero-order valence-corrected chi connectivity index (χ0v) is 8.59. The molecule has 4 nitrogen and oxygen atoms in total. The van der Waals surface area contributed by atoms with E-state index >= 15 is 0 Å². The van der Waals surface area contributed by atoms with Crippen LogP contribution in [0.2, 0.25) is 0 Å². The third-order valence-electron chi connectivity index (χ3n) is 1.20. The van der Waals surface area contributed by atoms with Crippen molar-refractivity contribution in [1.29, 1.82) is 0 Å². The number of hydrogen-bond donors (Lipinski definition) is 0. The van der Waals surface area contributed by atoms with E-state index < -0.39 is 22.6 Å². The standard InChI is InChI=1S/C8H7Cl2NO3/c1-3-5(12)11(6(13)4-2)8(14)7(9)10/h3-4,7H,1-2H2. The molecule has 0 aromatic rings. The van der Waals surface area contributed by atoms with Gasteiger partial charge < -0.3 is 0 Å². The molecule has 3 amide bonds. The normalized spacial score (nSPS) is 9.36. The predicted octanol–water partition coefficient (Wildman–Crippen LogP) is 1.04. The number of carbonyl (C=O) groups is 3. The number of hydrogen-bond acceptors (Lipinski definition) is 3. The van der Waals surface area contributed by atoms with E-state index in [1.54, 1.807) is 0 Å². The van der Waals surface area contributed by atoms with Gasteiger partial charge in [-0.1, -0.05) is 36.4 Å². The van der Waals surface area contributed by atoms with Gasteiger partial charge >= 0.3 is 0 Å². The quantitative estimate of drug-likeness (QED) is 0.543. The van der Waals surface area contributed by atoms with Gasteiger partial charge in [-0.3, -0.25) is 14.4 Å². The second kappa shape index (κ2) is 5.57. The summed E-state index contributed by atoms with van der Waals surface area (Å²) in [7, 11) is 0. The topological polar surface area (TPSA) is 54.5 Å². The van der Waals surface area contributed by atoms with Gasteiger partial charge in [0.2, 0.25) is 0 Å². The Kier molecular flexibility index (Phi) is 5.12. The van der Waals surface area contributed by atoms with Crippen molar-refractivity contribution in [1.82, 2.24) is 4.90 Å². The number of rotatable bonds is 3. The van der Waals surface area contributed by atoms with E-state index in [0.717, 1.165) is 12.2 Å². The van der Waals surface area contributed by atoms with E-state index in [1.807, 2.05) is 0 Å². The molecule has 0 saturated carbocycles. The van der Waals surface area contributed by atoms with Crippen LogP contribution in [0.15, 0.2) is 25.3 Å². The minimum atomic E-state index is -1.48. The molecular weight excluding hydrogens is 229 g/mol. The Balaban J connectivity index is 5.00. The molecule has 0 aromatic heterocycles. The highest BCUT2D eigenvalue weighted by molar-refractivity contribution is 6.54. The number of nitrogens with zero attached hydrogens (tertiary/aromatic N) is 1. The molecule has 0 aromatic carbocycles. The van der Waals surface area contributed by atoms with Crippen molar-refractivity contribution < 1.29 is 14.4 Å². The molecule has 0 aliphatic carbocycles. The molecule has 0 spiro atoms. The fourth-order valence-electron chi connectivity index (χ4n) is 0.606. The van der Waals surface area contributed by atoms with Gasteiger partial charge in [0.15, 0.2) is 4.84 Å². The minimum Gasteiger partial charge on any atom is -0.271 e. The van der Waals surface area contributed by atoms with Crippen molar-refractivity contribution >= 4 is 40.9 Å². The van der Waals surface area contributed by atoms with E-state index in [-0.39, 0.29) is 4.90 Å². The lowest BCUT2D eigenvalue weighted by Crippen LogP contribution is -2.42. The van der Waals surface area contributed by atoms with E-state index in [2.05, 4.69) is 13.2 Å². The zero-order chi connectivity index (χ0) is 11.3. The van der Waals surface area contributed by atoms with Crippen LogP contribution in [0.1, 0.15) is 0 Å². The summed E-state index contributed by atoms with van der Waals surface area (Å²) in [6.45, 7) is 6.25. The lowest BCUT2D eigenvalue weighted by Gasteiger charge is -2.15. The number of imide groups is 3. The van der Waals surface area contributed by atoms with Crippen LogP contribution in [-0.4, -0.2) is 27.5 Å². The van der Waals surface area contributed by atoms with Crippen LogP contribution in [-0.2, 0) is 14.4 Å². The Hall–Kier alpha value is -1.13. The molecule has 6 heteroatoms. The maximum atomic E-state index is 11.2. The van der Waals surface area contributed by atoms with Crippen LogP contribution >= 0.6 is 23.2 Å². The first-order valence-electron chi connectivity index (χ1n) is 3.40. The van der Waals surface area contributed by atoms with E-state index in [0.29, 0.717) is 0 Å². The molecule has 0 atom stereocenters. The van der Waals surface area contributed by atoms with Crippen molar-refractivity contribution in [2.75, 3.05) is 0 Å².